The first-order valence-electron chi connectivity index (χ1n) is 5.58. The smallest absolute Gasteiger partial charge is 0.212 e. The van der Waals surface area contributed by atoms with Crippen molar-refractivity contribution in [3.8, 4) is 0 Å². The average molecular weight is 233 g/mol. The first kappa shape index (κ1) is 13.0. The summed E-state index contributed by atoms with van der Waals surface area (Å²) in [7, 11) is -3.10. The summed E-state index contributed by atoms with van der Waals surface area (Å²) in [5.41, 5.74) is -0.0211. The monoisotopic (exact) mass is 233 g/mol. The summed E-state index contributed by atoms with van der Waals surface area (Å²) in [5.74, 6) is 0.587. The second-order valence-corrected chi connectivity index (χ2v) is 8.10. The zero-order valence-corrected chi connectivity index (χ0v) is 11.4. The van der Waals surface area contributed by atoms with E-state index in [4.69, 9.17) is 0 Å². The number of hydrogen-bond donors (Lipinski definition) is 1. The fourth-order valence-corrected chi connectivity index (χ4v) is 4.49. The molecule has 0 unspecified atom stereocenters. The van der Waals surface area contributed by atoms with Crippen LogP contribution in [0.2, 0.25) is 0 Å². The molecule has 0 saturated carbocycles. The van der Waals surface area contributed by atoms with Crippen LogP contribution in [0.4, 0.5) is 0 Å². The fraction of sp³-hybridized carbons (Fsp3) is 1.00. The molecule has 0 aromatic heterocycles. The lowest BCUT2D eigenvalue weighted by atomic mass is 9.74. The molecular weight excluding hydrogens is 210 g/mol. The lowest BCUT2D eigenvalue weighted by Crippen LogP contribution is -2.42. The van der Waals surface area contributed by atoms with Crippen LogP contribution in [0.3, 0.4) is 0 Å². The molecule has 0 aliphatic carbocycles. The fourth-order valence-electron chi connectivity index (χ4n) is 2.52. The Balaban J connectivity index is 3.10. The van der Waals surface area contributed by atoms with Gasteiger partial charge < -0.3 is 0 Å². The van der Waals surface area contributed by atoms with Gasteiger partial charge in [-0.25, -0.2) is 13.1 Å². The van der Waals surface area contributed by atoms with Crippen molar-refractivity contribution < 1.29 is 8.42 Å². The van der Waals surface area contributed by atoms with Crippen molar-refractivity contribution in [3.05, 3.63) is 0 Å². The topological polar surface area (TPSA) is 46.2 Å². The summed E-state index contributed by atoms with van der Waals surface area (Å²) >= 11 is 0. The van der Waals surface area contributed by atoms with Crippen LogP contribution in [-0.2, 0) is 10.0 Å². The van der Waals surface area contributed by atoms with Crippen LogP contribution in [0.25, 0.3) is 0 Å². The van der Waals surface area contributed by atoms with E-state index in [-0.39, 0.29) is 22.6 Å². The molecule has 1 saturated heterocycles. The lowest BCUT2D eigenvalue weighted by Gasteiger charge is -2.33. The molecule has 0 radical (unpaired) electrons. The van der Waals surface area contributed by atoms with Gasteiger partial charge in [0, 0.05) is 6.04 Å². The summed E-state index contributed by atoms with van der Waals surface area (Å²) in [4.78, 5) is 0. The van der Waals surface area contributed by atoms with Crippen LogP contribution in [0, 0.1) is 17.3 Å². The summed E-state index contributed by atoms with van der Waals surface area (Å²) < 4.78 is 26.5. The Hall–Kier alpha value is -0.0900. The predicted octanol–water partition coefficient (Wildman–Crippen LogP) is 1.99. The van der Waals surface area contributed by atoms with Gasteiger partial charge in [-0.3, -0.25) is 0 Å². The molecule has 1 rings (SSSR count). The molecule has 3 atom stereocenters. The van der Waals surface area contributed by atoms with E-state index >= 15 is 0 Å². The highest BCUT2D eigenvalue weighted by Gasteiger charge is 2.49. The minimum Gasteiger partial charge on any atom is -0.212 e. The van der Waals surface area contributed by atoms with Crippen molar-refractivity contribution in [2.24, 2.45) is 17.3 Å². The third kappa shape index (κ3) is 2.36. The molecule has 4 heteroatoms. The SMILES string of the molecule is CC(C)[C@@H]1[C@@H](C)S(=O)(=O)N[C@@H]1C(C)(C)C. The normalized spacial score (nSPS) is 36.1. The van der Waals surface area contributed by atoms with Crippen molar-refractivity contribution in [3.63, 3.8) is 0 Å². The molecule has 1 fully saturated rings. The summed E-state index contributed by atoms with van der Waals surface area (Å²) in [6, 6.07) is 0.0532. The van der Waals surface area contributed by atoms with Crippen LogP contribution in [0.15, 0.2) is 0 Å². The Morgan fingerprint density at radius 2 is 1.67 bits per heavy atom. The van der Waals surface area contributed by atoms with Gasteiger partial charge in [0.2, 0.25) is 10.0 Å². The first-order chi connectivity index (χ1) is 6.57. The molecular formula is C11H23NO2S. The van der Waals surface area contributed by atoms with Crippen LogP contribution in [-0.4, -0.2) is 19.7 Å². The Labute approximate surface area is 93.7 Å². The van der Waals surface area contributed by atoms with Gasteiger partial charge in [-0.15, -0.1) is 0 Å². The van der Waals surface area contributed by atoms with E-state index in [1.165, 1.54) is 0 Å². The van der Waals surface area contributed by atoms with Gasteiger partial charge in [0.25, 0.3) is 0 Å². The standard InChI is InChI=1S/C11H23NO2S/c1-7(2)9-8(3)15(13,14)12-10(9)11(4,5)6/h7-10,12H,1-6H3/t8-,9-,10+/m1/s1. The number of rotatable bonds is 1. The molecule has 3 nitrogen and oxygen atoms in total. The van der Waals surface area contributed by atoms with Gasteiger partial charge in [0.05, 0.1) is 5.25 Å². The molecule has 1 aliphatic rings. The molecule has 1 aliphatic heterocycles. The third-order valence-electron chi connectivity index (χ3n) is 3.41. The quantitative estimate of drug-likeness (QED) is 0.753. The lowest BCUT2D eigenvalue weighted by molar-refractivity contribution is 0.196. The van der Waals surface area contributed by atoms with E-state index in [1.54, 1.807) is 0 Å². The van der Waals surface area contributed by atoms with Crippen LogP contribution in [0.1, 0.15) is 41.5 Å². The van der Waals surface area contributed by atoms with Crippen molar-refractivity contribution in [2.75, 3.05) is 0 Å². The van der Waals surface area contributed by atoms with E-state index in [2.05, 4.69) is 39.3 Å². The zero-order chi connectivity index (χ0) is 12.0. The van der Waals surface area contributed by atoms with E-state index in [1.807, 2.05) is 6.92 Å². The van der Waals surface area contributed by atoms with Crippen molar-refractivity contribution in [2.45, 2.75) is 52.8 Å². The molecule has 90 valence electrons. The number of sulfonamides is 1. The minimum absolute atomic E-state index is 0.0211. The van der Waals surface area contributed by atoms with Gasteiger partial charge in [-0.1, -0.05) is 34.6 Å². The maximum atomic E-state index is 11.8. The average Bonchev–Trinajstić information content (AvgIpc) is 2.22. The van der Waals surface area contributed by atoms with Crippen molar-refractivity contribution in [1.82, 2.24) is 4.72 Å². The van der Waals surface area contributed by atoms with Crippen molar-refractivity contribution in [1.29, 1.82) is 0 Å². The van der Waals surface area contributed by atoms with Gasteiger partial charge in [-0.05, 0) is 24.2 Å². The van der Waals surface area contributed by atoms with Gasteiger partial charge in [0.1, 0.15) is 0 Å². The molecule has 0 spiro atoms. The highest BCUT2D eigenvalue weighted by atomic mass is 32.2. The summed E-state index contributed by atoms with van der Waals surface area (Å²) in [6.07, 6.45) is 0. The Kier molecular flexibility index (Phi) is 3.23. The second kappa shape index (κ2) is 3.74. The summed E-state index contributed by atoms with van der Waals surface area (Å²) in [6.45, 7) is 12.3. The highest BCUT2D eigenvalue weighted by Crippen LogP contribution is 2.38. The molecule has 0 aromatic rings. The molecule has 0 amide bonds. The number of hydrogen-bond acceptors (Lipinski definition) is 2. The molecule has 0 aromatic carbocycles. The van der Waals surface area contributed by atoms with Crippen molar-refractivity contribution >= 4 is 10.0 Å². The molecule has 15 heavy (non-hydrogen) atoms. The first-order valence-corrected chi connectivity index (χ1v) is 7.13. The summed E-state index contributed by atoms with van der Waals surface area (Å²) in [5, 5.41) is -0.276. The van der Waals surface area contributed by atoms with Gasteiger partial charge in [-0.2, -0.15) is 0 Å². The highest BCUT2D eigenvalue weighted by molar-refractivity contribution is 7.90. The third-order valence-corrected chi connectivity index (χ3v) is 5.29. The van der Waals surface area contributed by atoms with Crippen LogP contribution < -0.4 is 4.72 Å². The predicted molar refractivity (Wildman–Crippen MR) is 63.1 cm³/mol. The maximum absolute atomic E-state index is 11.8. The Morgan fingerprint density at radius 3 is 1.93 bits per heavy atom. The minimum atomic E-state index is -3.10. The van der Waals surface area contributed by atoms with E-state index in [0.717, 1.165) is 0 Å². The maximum Gasteiger partial charge on any atom is 0.214 e. The Bertz CT molecular complexity index is 327. The zero-order valence-electron chi connectivity index (χ0n) is 10.5. The van der Waals surface area contributed by atoms with Crippen LogP contribution >= 0.6 is 0 Å². The number of nitrogens with one attached hydrogen (secondary N) is 1. The van der Waals surface area contributed by atoms with Gasteiger partial charge in [0.15, 0.2) is 0 Å². The van der Waals surface area contributed by atoms with Crippen LogP contribution in [0.5, 0.6) is 0 Å². The van der Waals surface area contributed by atoms with Gasteiger partial charge >= 0.3 is 0 Å². The molecule has 1 heterocycles. The molecule has 1 N–H and O–H groups in total. The molecule has 0 bridgehead atoms. The second-order valence-electron chi connectivity index (χ2n) is 6.03. The van der Waals surface area contributed by atoms with E-state index in [9.17, 15) is 8.42 Å². The van der Waals surface area contributed by atoms with E-state index in [0.29, 0.717) is 5.92 Å². The largest absolute Gasteiger partial charge is 0.214 e. The Morgan fingerprint density at radius 1 is 1.20 bits per heavy atom. The van der Waals surface area contributed by atoms with E-state index < -0.39 is 10.0 Å².